The highest BCUT2D eigenvalue weighted by molar-refractivity contribution is 5.41. The first-order chi connectivity index (χ1) is 8.08. The molecule has 6 heteroatoms. The van der Waals surface area contributed by atoms with Gasteiger partial charge in [-0.25, -0.2) is 8.78 Å². The van der Waals surface area contributed by atoms with Crippen LogP contribution in [0.2, 0.25) is 0 Å². The van der Waals surface area contributed by atoms with Crippen molar-refractivity contribution in [2.45, 2.75) is 25.3 Å². The molecule has 0 saturated carbocycles. The standard InChI is InChI=1S/C11H12F2N2O2/c12-9-5-7(4-8-2-1-3-14-8)11(15(16)17)6-10(9)13/h5-6,8,14H,1-4H2. The number of nitro groups is 1. The number of nitrogens with one attached hydrogen (secondary N) is 1. The molecule has 4 nitrogen and oxygen atoms in total. The van der Waals surface area contributed by atoms with E-state index in [0.29, 0.717) is 12.5 Å². The molecule has 92 valence electrons. The number of rotatable bonds is 3. The van der Waals surface area contributed by atoms with E-state index >= 15 is 0 Å². The predicted octanol–water partition coefficient (Wildman–Crippen LogP) is 2.17. The maximum Gasteiger partial charge on any atom is 0.275 e. The van der Waals surface area contributed by atoms with E-state index in [1.165, 1.54) is 0 Å². The fraction of sp³-hybridized carbons (Fsp3) is 0.455. The zero-order valence-electron chi connectivity index (χ0n) is 9.08. The minimum Gasteiger partial charge on any atom is -0.314 e. The minimum atomic E-state index is -1.18. The monoisotopic (exact) mass is 242 g/mol. The molecule has 2 rings (SSSR count). The van der Waals surface area contributed by atoms with Gasteiger partial charge in [-0.2, -0.15) is 0 Å². The molecule has 0 aliphatic carbocycles. The molecule has 1 saturated heterocycles. The van der Waals surface area contributed by atoms with Gasteiger partial charge in [0, 0.05) is 11.6 Å². The van der Waals surface area contributed by atoms with Crippen LogP contribution in [0.4, 0.5) is 14.5 Å². The lowest BCUT2D eigenvalue weighted by Gasteiger charge is -2.10. The van der Waals surface area contributed by atoms with Crippen LogP contribution >= 0.6 is 0 Å². The highest BCUT2D eigenvalue weighted by Gasteiger charge is 2.23. The lowest BCUT2D eigenvalue weighted by atomic mass is 10.0. The second kappa shape index (κ2) is 4.75. The Morgan fingerprint density at radius 3 is 2.71 bits per heavy atom. The molecule has 1 aliphatic heterocycles. The van der Waals surface area contributed by atoms with Crippen molar-refractivity contribution >= 4 is 5.69 Å². The van der Waals surface area contributed by atoms with Crippen LogP contribution in [0.15, 0.2) is 12.1 Å². The maximum atomic E-state index is 13.1. The summed E-state index contributed by atoms with van der Waals surface area (Å²) >= 11 is 0. The van der Waals surface area contributed by atoms with Crippen molar-refractivity contribution in [1.29, 1.82) is 0 Å². The summed E-state index contributed by atoms with van der Waals surface area (Å²) in [4.78, 5) is 10.1. The number of benzene rings is 1. The quantitative estimate of drug-likeness (QED) is 0.652. The van der Waals surface area contributed by atoms with E-state index in [4.69, 9.17) is 0 Å². The molecule has 1 aromatic carbocycles. The molecule has 1 unspecified atom stereocenters. The third-order valence-electron chi connectivity index (χ3n) is 2.95. The largest absolute Gasteiger partial charge is 0.314 e. The summed E-state index contributed by atoms with van der Waals surface area (Å²) in [6, 6.07) is 1.69. The number of hydrogen-bond acceptors (Lipinski definition) is 3. The highest BCUT2D eigenvalue weighted by Crippen LogP contribution is 2.25. The molecular formula is C11H12F2N2O2. The van der Waals surface area contributed by atoms with E-state index in [1.807, 2.05) is 0 Å². The van der Waals surface area contributed by atoms with E-state index in [9.17, 15) is 18.9 Å². The smallest absolute Gasteiger partial charge is 0.275 e. The van der Waals surface area contributed by atoms with Gasteiger partial charge in [-0.1, -0.05) is 0 Å². The zero-order valence-corrected chi connectivity index (χ0v) is 9.08. The van der Waals surface area contributed by atoms with Crippen LogP contribution < -0.4 is 5.32 Å². The van der Waals surface area contributed by atoms with Gasteiger partial charge in [0.2, 0.25) is 0 Å². The fourth-order valence-corrected chi connectivity index (χ4v) is 2.11. The van der Waals surface area contributed by atoms with Gasteiger partial charge >= 0.3 is 0 Å². The number of hydrogen-bond donors (Lipinski definition) is 1. The molecule has 0 radical (unpaired) electrons. The molecule has 1 aliphatic rings. The summed E-state index contributed by atoms with van der Waals surface area (Å²) in [5, 5.41) is 13.9. The van der Waals surface area contributed by atoms with Gasteiger partial charge in [-0.05, 0) is 31.9 Å². The molecule has 1 fully saturated rings. The van der Waals surface area contributed by atoms with Gasteiger partial charge in [0.25, 0.3) is 5.69 Å². The fourth-order valence-electron chi connectivity index (χ4n) is 2.11. The molecule has 17 heavy (non-hydrogen) atoms. The van der Waals surface area contributed by atoms with Gasteiger partial charge in [0.05, 0.1) is 11.0 Å². The topological polar surface area (TPSA) is 55.2 Å². The van der Waals surface area contributed by atoms with Gasteiger partial charge in [0.1, 0.15) is 0 Å². The summed E-state index contributed by atoms with van der Waals surface area (Å²) in [7, 11) is 0. The number of nitrogens with zero attached hydrogens (tertiary/aromatic N) is 1. The summed E-state index contributed by atoms with van der Waals surface area (Å²) in [6.07, 6.45) is 2.26. The van der Waals surface area contributed by atoms with Gasteiger partial charge < -0.3 is 5.32 Å². The Balaban J connectivity index is 2.29. The molecule has 1 atom stereocenters. The average molecular weight is 242 g/mol. The van der Waals surface area contributed by atoms with Crippen LogP contribution in [0.3, 0.4) is 0 Å². The van der Waals surface area contributed by atoms with Crippen molar-refractivity contribution < 1.29 is 13.7 Å². The second-order valence-corrected chi connectivity index (χ2v) is 4.15. The molecule has 1 N–H and O–H groups in total. The molecule has 0 aromatic heterocycles. The van der Waals surface area contributed by atoms with Crippen LogP contribution in [0.1, 0.15) is 18.4 Å². The van der Waals surface area contributed by atoms with Crippen LogP contribution in [0.25, 0.3) is 0 Å². The van der Waals surface area contributed by atoms with Gasteiger partial charge in [-0.3, -0.25) is 10.1 Å². The first-order valence-corrected chi connectivity index (χ1v) is 5.43. The van der Waals surface area contributed by atoms with Crippen molar-refractivity contribution in [3.63, 3.8) is 0 Å². The minimum absolute atomic E-state index is 0.110. The Bertz CT molecular complexity index is 445. The average Bonchev–Trinajstić information content (AvgIpc) is 2.75. The van der Waals surface area contributed by atoms with E-state index in [-0.39, 0.29) is 17.3 Å². The lowest BCUT2D eigenvalue weighted by Crippen LogP contribution is -2.24. The highest BCUT2D eigenvalue weighted by atomic mass is 19.2. The summed E-state index contributed by atoms with van der Waals surface area (Å²) in [6.45, 7) is 0.863. The maximum absolute atomic E-state index is 13.1. The molecule has 1 aromatic rings. The normalized spacial score (nSPS) is 19.5. The van der Waals surface area contributed by atoms with E-state index in [1.54, 1.807) is 0 Å². The summed E-state index contributed by atoms with van der Waals surface area (Å²) in [5.74, 6) is -2.22. The Labute approximate surface area is 96.8 Å². The molecule has 1 heterocycles. The van der Waals surface area contributed by atoms with E-state index in [2.05, 4.69) is 5.32 Å². The molecule has 0 spiro atoms. The molecular weight excluding hydrogens is 230 g/mol. The second-order valence-electron chi connectivity index (χ2n) is 4.15. The lowest BCUT2D eigenvalue weighted by molar-refractivity contribution is -0.385. The molecule has 0 bridgehead atoms. The number of halogens is 2. The first-order valence-electron chi connectivity index (χ1n) is 5.43. The predicted molar refractivity (Wildman–Crippen MR) is 57.7 cm³/mol. The first kappa shape index (κ1) is 11.9. The summed E-state index contributed by atoms with van der Waals surface area (Å²) in [5.41, 5.74) is -0.106. The van der Waals surface area contributed by atoms with Crippen molar-refractivity contribution in [2.75, 3.05) is 6.54 Å². The number of nitro benzene ring substituents is 1. The third-order valence-corrected chi connectivity index (χ3v) is 2.95. The Kier molecular flexibility index (Phi) is 3.33. The van der Waals surface area contributed by atoms with Crippen molar-refractivity contribution in [3.8, 4) is 0 Å². The SMILES string of the molecule is O=[N+]([O-])c1cc(F)c(F)cc1CC1CCCN1. The van der Waals surface area contributed by atoms with Crippen LogP contribution in [-0.4, -0.2) is 17.5 Å². The summed E-state index contributed by atoms with van der Waals surface area (Å²) < 4.78 is 26.0. The zero-order chi connectivity index (χ0) is 12.4. The van der Waals surface area contributed by atoms with Crippen molar-refractivity contribution in [1.82, 2.24) is 5.32 Å². The van der Waals surface area contributed by atoms with Crippen molar-refractivity contribution in [3.05, 3.63) is 39.4 Å². The van der Waals surface area contributed by atoms with Crippen LogP contribution in [0, 0.1) is 21.7 Å². The van der Waals surface area contributed by atoms with E-state index in [0.717, 1.165) is 25.5 Å². The Hall–Kier alpha value is -1.56. The van der Waals surface area contributed by atoms with Crippen LogP contribution in [0.5, 0.6) is 0 Å². The van der Waals surface area contributed by atoms with Gasteiger partial charge in [0.15, 0.2) is 11.6 Å². The van der Waals surface area contributed by atoms with E-state index < -0.39 is 16.6 Å². The van der Waals surface area contributed by atoms with Crippen molar-refractivity contribution in [2.24, 2.45) is 0 Å². The Morgan fingerprint density at radius 2 is 2.12 bits per heavy atom. The third kappa shape index (κ3) is 2.58. The molecule has 0 amide bonds. The Morgan fingerprint density at radius 1 is 1.41 bits per heavy atom. The van der Waals surface area contributed by atoms with Crippen LogP contribution in [-0.2, 0) is 6.42 Å². The van der Waals surface area contributed by atoms with Gasteiger partial charge in [-0.15, -0.1) is 0 Å².